The fourth-order valence-corrected chi connectivity index (χ4v) is 2.53. The minimum absolute atomic E-state index is 0.385. The number of aromatic nitrogens is 3. The van der Waals surface area contributed by atoms with Crippen LogP contribution in [0.2, 0.25) is 0 Å². The predicted octanol–water partition coefficient (Wildman–Crippen LogP) is 1.76. The third kappa shape index (κ3) is 2.62. The van der Waals surface area contributed by atoms with Crippen molar-refractivity contribution in [2.24, 2.45) is 0 Å². The van der Waals surface area contributed by atoms with Crippen LogP contribution in [0.1, 0.15) is 25.6 Å². The van der Waals surface area contributed by atoms with E-state index < -0.39 is 5.60 Å². The molecule has 2 N–H and O–H groups in total. The third-order valence-electron chi connectivity index (χ3n) is 3.64. The van der Waals surface area contributed by atoms with Crippen molar-refractivity contribution in [3.05, 3.63) is 24.3 Å². The van der Waals surface area contributed by atoms with E-state index in [0.717, 1.165) is 0 Å². The monoisotopic (exact) mass is 290 g/mol. The van der Waals surface area contributed by atoms with E-state index in [1.165, 1.54) is 0 Å². The summed E-state index contributed by atoms with van der Waals surface area (Å²) in [5.41, 5.74) is 6.55. The van der Waals surface area contributed by atoms with Crippen molar-refractivity contribution in [3.8, 4) is 11.5 Å². The van der Waals surface area contributed by atoms with Crippen molar-refractivity contribution in [2.75, 3.05) is 25.6 Å². The van der Waals surface area contributed by atoms with Crippen molar-refractivity contribution in [1.82, 2.24) is 15.1 Å². The van der Waals surface area contributed by atoms with Crippen LogP contribution in [0.5, 0.6) is 0 Å². The summed E-state index contributed by atoms with van der Waals surface area (Å²) in [5.74, 6) is 0.939. The molecule has 2 aromatic rings. The SMILES string of the molecule is CCOC1(c2noc(-c3ccncc3N)n2)CCOCC1. The molecule has 1 saturated heterocycles. The molecule has 21 heavy (non-hydrogen) atoms. The lowest BCUT2D eigenvalue weighted by atomic mass is 9.93. The number of rotatable bonds is 4. The molecule has 1 fully saturated rings. The van der Waals surface area contributed by atoms with E-state index in [-0.39, 0.29) is 0 Å². The van der Waals surface area contributed by atoms with Gasteiger partial charge in [-0.3, -0.25) is 4.98 Å². The highest BCUT2D eigenvalue weighted by atomic mass is 16.5. The van der Waals surface area contributed by atoms with E-state index in [1.807, 2.05) is 6.92 Å². The van der Waals surface area contributed by atoms with Gasteiger partial charge in [0.25, 0.3) is 5.89 Å². The first kappa shape index (κ1) is 14.0. The average molecular weight is 290 g/mol. The molecule has 0 spiro atoms. The summed E-state index contributed by atoms with van der Waals surface area (Å²) in [5, 5.41) is 4.11. The Labute approximate surface area is 122 Å². The van der Waals surface area contributed by atoms with Crippen molar-refractivity contribution in [2.45, 2.75) is 25.4 Å². The molecule has 1 aliphatic rings. The Kier molecular flexibility index (Phi) is 3.85. The van der Waals surface area contributed by atoms with Crippen LogP contribution < -0.4 is 5.73 Å². The minimum Gasteiger partial charge on any atom is -0.397 e. The van der Waals surface area contributed by atoms with Gasteiger partial charge in [0.15, 0.2) is 0 Å². The van der Waals surface area contributed by atoms with Gasteiger partial charge >= 0.3 is 0 Å². The van der Waals surface area contributed by atoms with Crippen LogP contribution in [0.15, 0.2) is 23.0 Å². The van der Waals surface area contributed by atoms with Gasteiger partial charge in [-0.25, -0.2) is 0 Å². The first-order chi connectivity index (χ1) is 10.2. The summed E-state index contributed by atoms with van der Waals surface area (Å²) >= 11 is 0. The predicted molar refractivity (Wildman–Crippen MR) is 75.3 cm³/mol. The lowest BCUT2D eigenvalue weighted by Gasteiger charge is -2.33. The maximum absolute atomic E-state index is 5.93. The molecule has 0 aromatic carbocycles. The van der Waals surface area contributed by atoms with Crippen molar-refractivity contribution >= 4 is 5.69 Å². The van der Waals surface area contributed by atoms with Crippen LogP contribution >= 0.6 is 0 Å². The molecule has 1 aliphatic heterocycles. The van der Waals surface area contributed by atoms with Gasteiger partial charge in [0.1, 0.15) is 5.60 Å². The Morgan fingerprint density at radius 2 is 2.19 bits per heavy atom. The fraction of sp³-hybridized carbons (Fsp3) is 0.500. The Morgan fingerprint density at radius 3 is 2.90 bits per heavy atom. The quantitative estimate of drug-likeness (QED) is 0.916. The molecule has 0 bridgehead atoms. The number of pyridine rings is 1. The molecule has 0 aliphatic carbocycles. The summed E-state index contributed by atoms with van der Waals surface area (Å²) < 4.78 is 16.7. The molecule has 0 atom stereocenters. The third-order valence-corrected chi connectivity index (χ3v) is 3.64. The lowest BCUT2D eigenvalue weighted by Crippen LogP contribution is -2.37. The molecule has 3 rings (SSSR count). The van der Waals surface area contributed by atoms with E-state index in [4.69, 9.17) is 19.7 Å². The summed E-state index contributed by atoms with van der Waals surface area (Å²) in [6, 6.07) is 1.75. The van der Waals surface area contributed by atoms with Crippen LogP contribution in [-0.4, -0.2) is 34.9 Å². The summed E-state index contributed by atoms with van der Waals surface area (Å²) in [4.78, 5) is 8.44. The molecule has 0 radical (unpaired) electrons. The molecule has 0 amide bonds. The highest BCUT2D eigenvalue weighted by molar-refractivity contribution is 5.68. The molecular weight excluding hydrogens is 272 g/mol. The number of hydrogen-bond donors (Lipinski definition) is 1. The zero-order valence-electron chi connectivity index (χ0n) is 11.9. The largest absolute Gasteiger partial charge is 0.397 e. The van der Waals surface area contributed by atoms with E-state index in [1.54, 1.807) is 18.5 Å². The van der Waals surface area contributed by atoms with E-state index >= 15 is 0 Å². The van der Waals surface area contributed by atoms with Crippen LogP contribution in [0.4, 0.5) is 5.69 Å². The number of nitrogens with two attached hydrogens (primary N) is 1. The van der Waals surface area contributed by atoms with E-state index in [9.17, 15) is 0 Å². The second kappa shape index (κ2) is 5.79. The maximum atomic E-state index is 5.93. The van der Waals surface area contributed by atoms with Gasteiger partial charge in [-0.15, -0.1) is 0 Å². The van der Waals surface area contributed by atoms with Crippen molar-refractivity contribution < 1.29 is 14.0 Å². The van der Waals surface area contributed by atoms with Gasteiger partial charge < -0.3 is 19.7 Å². The first-order valence-corrected chi connectivity index (χ1v) is 7.01. The van der Waals surface area contributed by atoms with Gasteiger partial charge in [-0.1, -0.05) is 5.16 Å². The second-order valence-corrected chi connectivity index (χ2v) is 4.93. The normalized spacial score (nSPS) is 17.8. The molecule has 0 unspecified atom stereocenters. The van der Waals surface area contributed by atoms with Gasteiger partial charge in [0.05, 0.1) is 17.4 Å². The molecule has 7 nitrogen and oxygen atoms in total. The molecule has 3 heterocycles. The van der Waals surface area contributed by atoms with Crippen LogP contribution in [0.3, 0.4) is 0 Å². The molecule has 7 heteroatoms. The molecule has 112 valence electrons. The van der Waals surface area contributed by atoms with Crippen LogP contribution in [-0.2, 0) is 15.1 Å². The van der Waals surface area contributed by atoms with Crippen molar-refractivity contribution in [3.63, 3.8) is 0 Å². The highest BCUT2D eigenvalue weighted by Crippen LogP contribution is 2.35. The van der Waals surface area contributed by atoms with Crippen LogP contribution in [0, 0.1) is 0 Å². The summed E-state index contributed by atoms with van der Waals surface area (Å²) in [6.07, 6.45) is 4.63. The lowest BCUT2D eigenvalue weighted by molar-refractivity contribution is -0.118. The van der Waals surface area contributed by atoms with E-state index in [2.05, 4.69) is 15.1 Å². The van der Waals surface area contributed by atoms with Gasteiger partial charge in [0.2, 0.25) is 5.82 Å². The number of hydrogen-bond acceptors (Lipinski definition) is 7. The average Bonchev–Trinajstić information content (AvgIpc) is 2.99. The summed E-state index contributed by atoms with van der Waals surface area (Å²) in [7, 11) is 0. The number of anilines is 1. The first-order valence-electron chi connectivity index (χ1n) is 7.01. The number of nitrogen functional groups attached to an aromatic ring is 1. The number of nitrogens with zero attached hydrogens (tertiary/aromatic N) is 3. The maximum Gasteiger partial charge on any atom is 0.260 e. The minimum atomic E-state index is -0.531. The molecular formula is C14H18N4O3. The Hall–Kier alpha value is -1.99. The van der Waals surface area contributed by atoms with Gasteiger partial charge in [0, 0.05) is 38.9 Å². The molecule has 0 saturated carbocycles. The summed E-state index contributed by atoms with van der Waals surface area (Å²) in [6.45, 7) is 3.79. The topological polar surface area (TPSA) is 96.3 Å². The van der Waals surface area contributed by atoms with Crippen molar-refractivity contribution in [1.29, 1.82) is 0 Å². The Morgan fingerprint density at radius 1 is 1.38 bits per heavy atom. The standard InChI is InChI=1S/C14H18N4O3/c1-2-20-14(4-7-19-8-5-14)13-17-12(21-18-13)10-3-6-16-9-11(10)15/h3,6,9H,2,4-5,7-8,15H2,1H3. The van der Waals surface area contributed by atoms with E-state index in [0.29, 0.717) is 55.6 Å². The zero-order chi connectivity index (χ0) is 14.7. The zero-order valence-corrected chi connectivity index (χ0v) is 11.9. The van der Waals surface area contributed by atoms with Crippen LogP contribution in [0.25, 0.3) is 11.5 Å². The van der Waals surface area contributed by atoms with Gasteiger partial charge in [-0.05, 0) is 13.0 Å². The fourth-order valence-electron chi connectivity index (χ4n) is 2.53. The highest BCUT2D eigenvalue weighted by Gasteiger charge is 2.40. The molecule has 2 aromatic heterocycles. The Bertz CT molecular complexity index is 602. The van der Waals surface area contributed by atoms with Gasteiger partial charge in [-0.2, -0.15) is 4.98 Å². The second-order valence-electron chi connectivity index (χ2n) is 4.93. The Balaban J connectivity index is 1.94. The number of ether oxygens (including phenoxy) is 2. The smallest absolute Gasteiger partial charge is 0.260 e.